The summed E-state index contributed by atoms with van der Waals surface area (Å²) in [5.41, 5.74) is 3.63. The topological polar surface area (TPSA) is 70.2 Å². The van der Waals surface area contributed by atoms with Gasteiger partial charge in [0.25, 0.3) is 5.91 Å². The second-order valence-corrected chi connectivity index (χ2v) is 7.38. The van der Waals surface area contributed by atoms with E-state index in [0.29, 0.717) is 18.2 Å². The Morgan fingerprint density at radius 2 is 2.07 bits per heavy atom. The smallest absolute Gasteiger partial charge is 0.251 e. The summed E-state index contributed by atoms with van der Waals surface area (Å²) < 4.78 is 6.09. The molecule has 6 heteroatoms. The molecule has 0 aliphatic carbocycles. The third kappa shape index (κ3) is 3.22. The minimum Gasteiger partial charge on any atom is -0.371 e. The fraction of sp³-hybridized carbons (Fsp3) is 0.333. The van der Waals surface area contributed by atoms with E-state index in [1.54, 1.807) is 6.33 Å². The van der Waals surface area contributed by atoms with Crippen LogP contribution in [-0.2, 0) is 4.74 Å². The third-order valence-corrected chi connectivity index (χ3v) is 5.61. The zero-order valence-electron chi connectivity index (χ0n) is 15.0. The van der Waals surface area contributed by atoms with Crippen LogP contribution >= 0.6 is 0 Å². The number of imidazole rings is 1. The van der Waals surface area contributed by atoms with Crippen LogP contribution in [0.5, 0.6) is 0 Å². The molecule has 0 bridgehead atoms. The van der Waals surface area contributed by atoms with Crippen LogP contribution in [-0.4, -0.2) is 52.6 Å². The lowest BCUT2D eigenvalue weighted by molar-refractivity contribution is -0.0502. The number of aromatic amines is 1. The predicted molar refractivity (Wildman–Crippen MR) is 102 cm³/mol. The summed E-state index contributed by atoms with van der Waals surface area (Å²) in [6.45, 7) is 2.46. The molecule has 3 atom stereocenters. The molecule has 2 fully saturated rings. The number of morpholine rings is 1. The Bertz CT molecular complexity index is 955. The highest BCUT2D eigenvalue weighted by atomic mass is 16.5. The molecule has 2 aromatic carbocycles. The van der Waals surface area contributed by atoms with Crippen LogP contribution in [0, 0.1) is 0 Å². The molecule has 2 aliphatic heterocycles. The number of amides is 1. The number of hydrogen-bond acceptors (Lipinski definition) is 4. The quantitative estimate of drug-likeness (QED) is 0.751. The Labute approximate surface area is 157 Å². The van der Waals surface area contributed by atoms with Crippen molar-refractivity contribution in [2.45, 2.75) is 24.6 Å². The van der Waals surface area contributed by atoms with Crippen LogP contribution < -0.4 is 5.32 Å². The van der Waals surface area contributed by atoms with Gasteiger partial charge in [0.1, 0.15) is 0 Å². The number of ether oxygens (including phenoxy) is 1. The summed E-state index contributed by atoms with van der Waals surface area (Å²) in [6.07, 6.45) is 2.68. The molecule has 0 radical (unpaired) electrons. The van der Waals surface area contributed by atoms with E-state index in [9.17, 15) is 4.79 Å². The van der Waals surface area contributed by atoms with E-state index in [2.05, 4.69) is 32.3 Å². The number of aromatic nitrogens is 2. The summed E-state index contributed by atoms with van der Waals surface area (Å²) in [7, 11) is 0. The van der Waals surface area contributed by atoms with Gasteiger partial charge in [-0.2, -0.15) is 0 Å². The normalized spacial score (nSPS) is 25.4. The second-order valence-electron chi connectivity index (χ2n) is 7.38. The van der Waals surface area contributed by atoms with Gasteiger partial charge in [-0.1, -0.05) is 30.3 Å². The van der Waals surface area contributed by atoms with Gasteiger partial charge in [-0.25, -0.2) is 4.98 Å². The van der Waals surface area contributed by atoms with Gasteiger partial charge in [-0.3, -0.25) is 9.69 Å². The van der Waals surface area contributed by atoms with Crippen LogP contribution in [0.15, 0.2) is 54.9 Å². The first-order chi connectivity index (χ1) is 13.3. The Balaban J connectivity index is 1.23. The number of nitrogens with zero attached hydrogens (tertiary/aromatic N) is 2. The molecule has 27 heavy (non-hydrogen) atoms. The average Bonchev–Trinajstić information content (AvgIpc) is 3.33. The summed E-state index contributed by atoms with van der Waals surface area (Å²) >= 11 is 0. The Kier molecular flexibility index (Phi) is 4.14. The lowest BCUT2D eigenvalue weighted by Crippen LogP contribution is -2.43. The van der Waals surface area contributed by atoms with Crippen molar-refractivity contribution in [3.05, 3.63) is 66.0 Å². The van der Waals surface area contributed by atoms with Gasteiger partial charge in [0.05, 0.1) is 30.1 Å². The van der Waals surface area contributed by atoms with E-state index in [0.717, 1.165) is 30.5 Å². The molecule has 2 saturated heterocycles. The maximum absolute atomic E-state index is 12.7. The fourth-order valence-electron chi connectivity index (χ4n) is 4.19. The van der Waals surface area contributed by atoms with Gasteiger partial charge in [0, 0.05) is 30.7 Å². The maximum atomic E-state index is 12.7. The van der Waals surface area contributed by atoms with Crippen LogP contribution in [0.2, 0.25) is 0 Å². The Morgan fingerprint density at radius 1 is 1.19 bits per heavy atom. The predicted octanol–water partition coefficient (Wildman–Crippen LogP) is 2.51. The van der Waals surface area contributed by atoms with E-state index in [-0.39, 0.29) is 18.1 Å². The first-order valence-electron chi connectivity index (χ1n) is 9.41. The van der Waals surface area contributed by atoms with Gasteiger partial charge < -0.3 is 15.0 Å². The Hall–Kier alpha value is -2.70. The third-order valence-electron chi connectivity index (χ3n) is 5.61. The summed E-state index contributed by atoms with van der Waals surface area (Å²) in [4.78, 5) is 22.4. The molecule has 138 valence electrons. The molecule has 3 heterocycles. The molecule has 3 aromatic rings. The standard InChI is InChI=1S/C21H22N4O2/c26-21(15-6-7-18-19(8-15)23-13-22-18)24-16-9-17-12-27-20(11-25(17)10-16)14-4-2-1-3-5-14/h1-8,13,16-17,20H,9-12H2,(H,22,23)(H,24,26)/t16-,17-,20+/m0/s1. The van der Waals surface area contributed by atoms with Crippen molar-refractivity contribution >= 4 is 16.9 Å². The molecule has 1 amide bonds. The van der Waals surface area contributed by atoms with E-state index < -0.39 is 0 Å². The molecule has 6 nitrogen and oxygen atoms in total. The van der Waals surface area contributed by atoms with Gasteiger partial charge in [0.2, 0.25) is 0 Å². The van der Waals surface area contributed by atoms with Crippen molar-refractivity contribution < 1.29 is 9.53 Å². The second kappa shape index (κ2) is 6.79. The average molecular weight is 362 g/mol. The monoisotopic (exact) mass is 362 g/mol. The number of nitrogens with one attached hydrogen (secondary N) is 2. The number of benzene rings is 2. The zero-order chi connectivity index (χ0) is 18.2. The lowest BCUT2D eigenvalue weighted by atomic mass is 10.1. The summed E-state index contributed by atoms with van der Waals surface area (Å²) in [5, 5.41) is 3.19. The lowest BCUT2D eigenvalue weighted by Gasteiger charge is -2.35. The van der Waals surface area contributed by atoms with Crippen molar-refractivity contribution in [1.82, 2.24) is 20.2 Å². The molecule has 2 N–H and O–H groups in total. The molecular formula is C21H22N4O2. The number of rotatable bonds is 3. The molecule has 0 unspecified atom stereocenters. The number of H-pyrrole nitrogens is 1. The summed E-state index contributed by atoms with van der Waals surface area (Å²) in [5.74, 6) is -0.0307. The number of fused-ring (bicyclic) bond motifs is 2. The Morgan fingerprint density at radius 3 is 2.96 bits per heavy atom. The highest BCUT2D eigenvalue weighted by Gasteiger charge is 2.38. The van der Waals surface area contributed by atoms with Crippen molar-refractivity contribution in [2.24, 2.45) is 0 Å². The first kappa shape index (κ1) is 16.5. The van der Waals surface area contributed by atoms with Crippen LogP contribution in [0.1, 0.15) is 28.4 Å². The summed E-state index contributed by atoms with van der Waals surface area (Å²) in [6, 6.07) is 16.4. The van der Waals surface area contributed by atoms with E-state index in [1.807, 2.05) is 36.4 Å². The van der Waals surface area contributed by atoms with Gasteiger partial charge in [-0.05, 0) is 30.2 Å². The maximum Gasteiger partial charge on any atom is 0.251 e. The number of carbonyl (C=O) groups excluding carboxylic acids is 1. The van der Waals surface area contributed by atoms with Crippen molar-refractivity contribution in [2.75, 3.05) is 19.7 Å². The fourth-order valence-corrected chi connectivity index (χ4v) is 4.19. The molecule has 2 aliphatic rings. The van der Waals surface area contributed by atoms with E-state index in [1.165, 1.54) is 5.56 Å². The van der Waals surface area contributed by atoms with Gasteiger partial charge in [0.15, 0.2) is 0 Å². The van der Waals surface area contributed by atoms with Crippen LogP contribution in [0.25, 0.3) is 11.0 Å². The van der Waals surface area contributed by atoms with Crippen molar-refractivity contribution in [1.29, 1.82) is 0 Å². The molecule has 5 rings (SSSR count). The number of hydrogen-bond donors (Lipinski definition) is 2. The minimum absolute atomic E-state index is 0.0307. The highest BCUT2D eigenvalue weighted by Crippen LogP contribution is 2.30. The minimum atomic E-state index is -0.0307. The van der Waals surface area contributed by atoms with Crippen LogP contribution in [0.3, 0.4) is 0 Å². The van der Waals surface area contributed by atoms with Crippen molar-refractivity contribution in [3.63, 3.8) is 0 Å². The van der Waals surface area contributed by atoms with Crippen LogP contribution in [0.4, 0.5) is 0 Å². The highest BCUT2D eigenvalue weighted by molar-refractivity contribution is 5.97. The molecule has 0 spiro atoms. The largest absolute Gasteiger partial charge is 0.371 e. The van der Waals surface area contributed by atoms with E-state index >= 15 is 0 Å². The first-order valence-corrected chi connectivity index (χ1v) is 9.41. The molecular weight excluding hydrogens is 340 g/mol. The number of carbonyl (C=O) groups is 1. The molecule has 1 aromatic heterocycles. The zero-order valence-corrected chi connectivity index (χ0v) is 15.0. The van der Waals surface area contributed by atoms with Gasteiger partial charge >= 0.3 is 0 Å². The van der Waals surface area contributed by atoms with E-state index in [4.69, 9.17) is 4.74 Å². The van der Waals surface area contributed by atoms with Crippen molar-refractivity contribution in [3.8, 4) is 0 Å². The SMILES string of the molecule is O=C(N[C@H]1C[C@H]2CO[C@@H](c3ccccc3)CN2C1)c1ccc2nc[nH]c2c1. The molecule has 0 saturated carbocycles. The van der Waals surface area contributed by atoms with Gasteiger partial charge in [-0.15, -0.1) is 0 Å².